The molecule has 8 nitrogen and oxygen atoms in total. The summed E-state index contributed by atoms with van der Waals surface area (Å²) in [5.74, 6) is -0.827. The molecule has 1 N–H and O–H groups in total. The van der Waals surface area contributed by atoms with Crippen molar-refractivity contribution >= 4 is 28.3 Å². The van der Waals surface area contributed by atoms with Gasteiger partial charge in [0.1, 0.15) is 22.7 Å². The zero-order chi connectivity index (χ0) is 27.1. The largest absolute Gasteiger partial charge is 0.368 e. The molecule has 5 rings (SSSR count). The molecule has 0 radical (unpaired) electrons. The van der Waals surface area contributed by atoms with Crippen molar-refractivity contribution in [1.82, 2.24) is 19.3 Å². The fraction of sp³-hybridized carbons (Fsp3) is 0.357. The minimum absolute atomic E-state index is 0.157. The van der Waals surface area contributed by atoms with Gasteiger partial charge >= 0.3 is 0 Å². The van der Waals surface area contributed by atoms with E-state index in [0.29, 0.717) is 16.3 Å². The summed E-state index contributed by atoms with van der Waals surface area (Å²) in [4.78, 5) is 33.0. The number of aryl methyl sites for hydroxylation is 1. The number of halogens is 2. The standard InChI is InChI=1S/C28H30F2N6O2/c1-5-17-13-14-35(15-17)26-20(9-11-22-24(26)32-27(16(2)3)34(22)4)31-28(38)21-10-12-23(37)36(33-21)25-18(29)7-6-8-19(25)30/h6-12,16-17H,5,13-15H2,1-4H3,(H,31,38)/t17-/m0/s1. The molecule has 0 aliphatic carbocycles. The number of nitrogens with zero attached hydrogens (tertiary/aromatic N) is 5. The van der Waals surface area contributed by atoms with Gasteiger partial charge in [-0.25, -0.2) is 13.8 Å². The van der Waals surface area contributed by atoms with E-state index in [1.165, 1.54) is 12.1 Å². The number of fused-ring (bicyclic) bond motifs is 1. The number of rotatable bonds is 6. The number of nitrogens with one attached hydrogen (secondary N) is 1. The van der Waals surface area contributed by atoms with Crippen LogP contribution in [0, 0.1) is 17.6 Å². The zero-order valence-corrected chi connectivity index (χ0v) is 21.8. The predicted octanol–water partition coefficient (Wildman–Crippen LogP) is 5.01. The molecule has 198 valence electrons. The topological polar surface area (TPSA) is 85.1 Å². The van der Waals surface area contributed by atoms with Crippen LogP contribution in [0.4, 0.5) is 20.2 Å². The summed E-state index contributed by atoms with van der Waals surface area (Å²) in [6.45, 7) is 8.04. The molecule has 1 aliphatic heterocycles. The lowest BCUT2D eigenvalue weighted by Crippen LogP contribution is -2.27. The van der Waals surface area contributed by atoms with E-state index in [9.17, 15) is 18.4 Å². The summed E-state index contributed by atoms with van der Waals surface area (Å²) in [7, 11) is 1.99. The third-order valence-electron chi connectivity index (χ3n) is 7.19. The molecule has 1 aliphatic rings. The predicted molar refractivity (Wildman–Crippen MR) is 143 cm³/mol. The van der Waals surface area contributed by atoms with Crippen LogP contribution in [-0.2, 0) is 7.05 Å². The zero-order valence-electron chi connectivity index (χ0n) is 21.8. The molecule has 4 aromatic rings. The van der Waals surface area contributed by atoms with Gasteiger partial charge in [0.05, 0.1) is 16.9 Å². The molecular weight excluding hydrogens is 490 g/mol. The Bertz CT molecular complexity index is 1570. The van der Waals surface area contributed by atoms with Gasteiger partial charge in [-0.2, -0.15) is 9.78 Å². The highest BCUT2D eigenvalue weighted by molar-refractivity contribution is 6.08. The number of anilines is 2. The van der Waals surface area contributed by atoms with Crippen LogP contribution < -0.4 is 15.8 Å². The van der Waals surface area contributed by atoms with Gasteiger partial charge in [-0.3, -0.25) is 9.59 Å². The van der Waals surface area contributed by atoms with E-state index in [-0.39, 0.29) is 11.6 Å². The first-order chi connectivity index (χ1) is 18.2. The van der Waals surface area contributed by atoms with Crippen LogP contribution in [0.2, 0.25) is 0 Å². The van der Waals surface area contributed by atoms with E-state index in [1.54, 1.807) is 0 Å². The van der Waals surface area contributed by atoms with Gasteiger partial charge in [-0.15, -0.1) is 0 Å². The van der Waals surface area contributed by atoms with Crippen LogP contribution in [0.1, 0.15) is 55.8 Å². The second kappa shape index (κ2) is 10.00. The molecule has 0 saturated carbocycles. The van der Waals surface area contributed by atoms with Crippen molar-refractivity contribution in [3.05, 3.63) is 76.0 Å². The first-order valence-corrected chi connectivity index (χ1v) is 12.8. The first-order valence-electron chi connectivity index (χ1n) is 12.8. The molecule has 38 heavy (non-hydrogen) atoms. The Morgan fingerprint density at radius 2 is 1.84 bits per heavy atom. The lowest BCUT2D eigenvalue weighted by atomic mass is 10.1. The number of aromatic nitrogens is 4. The lowest BCUT2D eigenvalue weighted by molar-refractivity contribution is 0.102. The average Bonchev–Trinajstić information content (AvgIpc) is 3.49. The molecule has 1 saturated heterocycles. The molecule has 0 unspecified atom stereocenters. The highest BCUT2D eigenvalue weighted by Gasteiger charge is 2.28. The van der Waals surface area contributed by atoms with Crippen LogP contribution in [0.15, 0.2) is 47.3 Å². The van der Waals surface area contributed by atoms with Crippen molar-refractivity contribution in [1.29, 1.82) is 0 Å². The van der Waals surface area contributed by atoms with Gasteiger partial charge in [0.25, 0.3) is 11.5 Å². The third-order valence-corrected chi connectivity index (χ3v) is 7.19. The van der Waals surface area contributed by atoms with Gasteiger partial charge in [0.2, 0.25) is 0 Å². The van der Waals surface area contributed by atoms with E-state index in [1.807, 2.05) is 19.2 Å². The number of carbonyl (C=O) groups is 1. The molecular formula is C28H30F2N6O2. The van der Waals surface area contributed by atoms with Gasteiger partial charge in [-0.05, 0) is 42.7 Å². The third kappa shape index (κ3) is 4.44. The molecule has 1 fully saturated rings. The summed E-state index contributed by atoms with van der Waals surface area (Å²) >= 11 is 0. The number of carbonyl (C=O) groups excluding carboxylic acids is 1. The minimum Gasteiger partial charge on any atom is -0.368 e. The number of benzene rings is 2. The van der Waals surface area contributed by atoms with Crippen LogP contribution in [0.25, 0.3) is 16.7 Å². The second-order valence-corrected chi connectivity index (χ2v) is 10.0. The van der Waals surface area contributed by atoms with Gasteiger partial charge < -0.3 is 14.8 Å². The first kappa shape index (κ1) is 25.6. The Hall–Kier alpha value is -4.08. The van der Waals surface area contributed by atoms with E-state index in [0.717, 1.165) is 66.7 Å². The van der Waals surface area contributed by atoms with Crippen LogP contribution in [0.3, 0.4) is 0 Å². The van der Waals surface area contributed by atoms with E-state index in [2.05, 4.69) is 40.7 Å². The summed E-state index contributed by atoms with van der Waals surface area (Å²) < 4.78 is 31.4. The fourth-order valence-corrected chi connectivity index (χ4v) is 5.14. The summed E-state index contributed by atoms with van der Waals surface area (Å²) in [6.07, 6.45) is 2.11. The molecule has 0 spiro atoms. The van der Waals surface area contributed by atoms with Gasteiger partial charge in [0, 0.05) is 32.1 Å². The summed E-state index contributed by atoms with van der Waals surface area (Å²) in [5, 5.41) is 6.91. The molecule has 3 heterocycles. The Labute approximate surface area is 218 Å². The Balaban J connectivity index is 1.57. The van der Waals surface area contributed by atoms with Crippen molar-refractivity contribution in [2.24, 2.45) is 13.0 Å². The smallest absolute Gasteiger partial charge is 0.276 e. The monoisotopic (exact) mass is 520 g/mol. The minimum atomic E-state index is -0.958. The van der Waals surface area contributed by atoms with E-state index >= 15 is 0 Å². The van der Waals surface area contributed by atoms with Crippen molar-refractivity contribution in [2.75, 3.05) is 23.3 Å². The number of hydrogen-bond donors (Lipinski definition) is 1. The van der Waals surface area contributed by atoms with Gasteiger partial charge in [-0.1, -0.05) is 33.3 Å². The van der Waals surface area contributed by atoms with Crippen molar-refractivity contribution in [2.45, 2.75) is 39.5 Å². The molecule has 2 aromatic heterocycles. The fourth-order valence-electron chi connectivity index (χ4n) is 5.14. The molecule has 1 amide bonds. The number of para-hydroxylation sites is 1. The maximum absolute atomic E-state index is 14.4. The quantitative estimate of drug-likeness (QED) is 0.386. The highest BCUT2D eigenvalue weighted by atomic mass is 19.1. The molecule has 0 bridgehead atoms. The normalized spacial score (nSPS) is 15.6. The SMILES string of the molecule is CC[C@H]1CCN(c2c(NC(=O)c3ccc(=O)n(-c4c(F)cccc4F)n3)ccc3c2nc(C(C)C)n3C)C1. The molecule has 10 heteroatoms. The Morgan fingerprint density at radius 1 is 1.11 bits per heavy atom. The Kier molecular flexibility index (Phi) is 6.73. The number of amides is 1. The van der Waals surface area contributed by atoms with Crippen molar-refractivity contribution < 1.29 is 13.6 Å². The lowest BCUT2D eigenvalue weighted by Gasteiger charge is -2.23. The van der Waals surface area contributed by atoms with Crippen LogP contribution in [0.5, 0.6) is 0 Å². The summed E-state index contributed by atoms with van der Waals surface area (Å²) in [6, 6.07) is 9.31. The van der Waals surface area contributed by atoms with Gasteiger partial charge in [0.15, 0.2) is 11.6 Å². The van der Waals surface area contributed by atoms with E-state index in [4.69, 9.17) is 4.98 Å². The molecule has 1 atom stereocenters. The maximum Gasteiger partial charge on any atom is 0.276 e. The number of hydrogen-bond acceptors (Lipinski definition) is 5. The van der Waals surface area contributed by atoms with Crippen molar-refractivity contribution in [3.8, 4) is 5.69 Å². The maximum atomic E-state index is 14.4. The number of imidazole rings is 1. The van der Waals surface area contributed by atoms with Crippen molar-refractivity contribution in [3.63, 3.8) is 0 Å². The molecule has 2 aromatic carbocycles. The Morgan fingerprint density at radius 3 is 2.50 bits per heavy atom. The second-order valence-electron chi connectivity index (χ2n) is 10.0. The van der Waals surface area contributed by atoms with Crippen LogP contribution >= 0.6 is 0 Å². The van der Waals surface area contributed by atoms with E-state index < -0.39 is 28.8 Å². The summed E-state index contributed by atoms with van der Waals surface area (Å²) in [5.41, 5.74) is 1.61. The highest BCUT2D eigenvalue weighted by Crippen LogP contribution is 2.39. The van der Waals surface area contributed by atoms with Crippen LogP contribution in [-0.4, -0.2) is 38.3 Å². The average molecular weight is 521 g/mol.